The number of nitrogens with zero attached hydrogens (tertiary/aromatic N) is 2. The number of morpholine rings is 1. The molecule has 154 valence electrons. The number of hydrogen-bond acceptors (Lipinski definition) is 5. The van der Waals surface area contributed by atoms with Gasteiger partial charge in [0.1, 0.15) is 5.75 Å². The molecule has 0 aromatic heterocycles. The lowest BCUT2D eigenvalue weighted by atomic mass is 10.2. The lowest BCUT2D eigenvalue weighted by molar-refractivity contribution is 0.0376. The van der Waals surface area contributed by atoms with E-state index >= 15 is 0 Å². The van der Waals surface area contributed by atoms with Gasteiger partial charge in [0.25, 0.3) is 0 Å². The highest BCUT2D eigenvalue weighted by molar-refractivity contribution is 14.0. The summed E-state index contributed by atoms with van der Waals surface area (Å²) >= 11 is 0. The molecule has 7 nitrogen and oxygen atoms in total. The number of nitrogens with two attached hydrogens (primary N) is 1. The van der Waals surface area contributed by atoms with Crippen LogP contribution in [0.4, 0.5) is 0 Å². The third-order valence-corrected chi connectivity index (χ3v) is 4.22. The molecule has 1 aliphatic heterocycles. The number of hydrogen-bond donors (Lipinski definition) is 2. The van der Waals surface area contributed by atoms with Crippen molar-refractivity contribution < 1.29 is 14.2 Å². The Labute approximate surface area is 179 Å². The summed E-state index contributed by atoms with van der Waals surface area (Å²) in [6, 6.07) is 7.90. The minimum atomic E-state index is 0. The molecule has 0 spiro atoms. The normalized spacial score (nSPS) is 15.2. The fraction of sp³-hybridized carbons (Fsp3) is 0.632. The van der Waals surface area contributed by atoms with Gasteiger partial charge in [-0.05, 0) is 37.1 Å². The van der Waals surface area contributed by atoms with E-state index in [0.29, 0.717) is 25.7 Å². The fourth-order valence-corrected chi connectivity index (χ4v) is 2.68. The second kappa shape index (κ2) is 14.9. The molecule has 3 N–H and O–H groups in total. The van der Waals surface area contributed by atoms with Crippen molar-refractivity contribution in [2.75, 3.05) is 59.7 Å². The minimum Gasteiger partial charge on any atom is -0.497 e. The zero-order valence-electron chi connectivity index (χ0n) is 16.2. The molecule has 1 heterocycles. The van der Waals surface area contributed by atoms with Crippen LogP contribution in [0.3, 0.4) is 0 Å². The van der Waals surface area contributed by atoms with Crippen LogP contribution in [-0.2, 0) is 16.1 Å². The van der Waals surface area contributed by atoms with Crippen molar-refractivity contribution in [3.63, 3.8) is 0 Å². The maximum absolute atomic E-state index is 5.88. The Kier molecular flexibility index (Phi) is 13.2. The van der Waals surface area contributed by atoms with Gasteiger partial charge in [-0.15, -0.1) is 24.0 Å². The van der Waals surface area contributed by atoms with Crippen LogP contribution in [0.5, 0.6) is 5.75 Å². The van der Waals surface area contributed by atoms with E-state index in [9.17, 15) is 0 Å². The van der Waals surface area contributed by atoms with Crippen LogP contribution in [0.2, 0.25) is 0 Å². The van der Waals surface area contributed by atoms with Crippen LogP contribution in [0.25, 0.3) is 0 Å². The predicted octanol–water partition coefficient (Wildman–Crippen LogP) is 1.85. The molecular formula is C19H33IN4O3. The molecule has 1 aromatic carbocycles. The van der Waals surface area contributed by atoms with Crippen molar-refractivity contribution in [3.8, 4) is 5.75 Å². The molecule has 0 aliphatic carbocycles. The summed E-state index contributed by atoms with van der Waals surface area (Å²) in [6.07, 6.45) is 1.91. The van der Waals surface area contributed by atoms with Crippen molar-refractivity contribution >= 4 is 29.9 Å². The SMILES string of the molecule is COc1ccc(COCCCN=C(N)NCCCN2CCOCC2)cc1.I. The number of nitrogens with one attached hydrogen (secondary N) is 1. The first-order valence-corrected chi connectivity index (χ1v) is 9.32. The van der Waals surface area contributed by atoms with Gasteiger partial charge >= 0.3 is 0 Å². The van der Waals surface area contributed by atoms with Gasteiger partial charge in [0.15, 0.2) is 5.96 Å². The topological polar surface area (TPSA) is 81.3 Å². The number of rotatable bonds is 11. The standard InChI is InChI=1S/C19H32N4O3.HI/c1-24-18-6-4-17(5-7-18)16-26-13-3-9-22-19(20)21-8-2-10-23-11-14-25-15-12-23;/h4-7H,2-3,8-16H2,1H3,(H3,20,21,22);1H. The van der Waals surface area contributed by atoms with Crippen molar-refractivity contribution in [1.29, 1.82) is 0 Å². The Bertz CT molecular complexity index is 522. The van der Waals surface area contributed by atoms with E-state index in [4.69, 9.17) is 19.9 Å². The van der Waals surface area contributed by atoms with Gasteiger partial charge < -0.3 is 25.3 Å². The molecule has 0 amide bonds. The number of guanidine groups is 1. The maximum atomic E-state index is 5.88. The molecule has 1 saturated heterocycles. The molecule has 8 heteroatoms. The lowest BCUT2D eigenvalue weighted by Crippen LogP contribution is -2.39. The largest absolute Gasteiger partial charge is 0.497 e. The van der Waals surface area contributed by atoms with Gasteiger partial charge in [-0.1, -0.05) is 12.1 Å². The van der Waals surface area contributed by atoms with E-state index in [2.05, 4.69) is 15.2 Å². The van der Waals surface area contributed by atoms with Gasteiger partial charge in [-0.2, -0.15) is 0 Å². The van der Waals surface area contributed by atoms with E-state index in [1.165, 1.54) is 0 Å². The average molecular weight is 492 g/mol. The van der Waals surface area contributed by atoms with E-state index in [1.54, 1.807) is 7.11 Å². The highest BCUT2D eigenvalue weighted by Crippen LogP contribution is 2.11. The summed E-state index contributed by atoms with van der Waals surface area (Å²) in [7, 11) is 1.66. The Morgan fingerprint density at radius 2 is 1.96 bits per heavy atom. The summed E-state index contributed by atoms with van der Waals surface area (Å²) in [5, 5.41) is 3.17. The van der Waals surface area contributed by atoms with Crippen molar-refractivity contribution in [2.45, 2.75) is 19.4 Å². The summed E-state index contributed by atoms with van der Waals surface area (Å²) in [5.41, 5.74) is 7.01. The van der Waals surface area contributed by atoms with Gasteiger partial charge in [0.05, 0.1) is 26.9 Å². The van der Waals surface area contributed by atoms with Gasteiger partial charge in [0.2, 0.25) is 0 Å². The molecule has 1 aromatic rings. The fourth-order valence-electron chi connectivity index (χ4n) is 2.68. The summed E-state index contributed by atoms with van der Waals surface area (Å²) in [6.45, 7) is 7.60. The summed E-state index contributed by atoms with van der Waals surface area (Å²) < 4.78 is 16.1. The molecule has 2 rings (SSSR count). The maximum Gasteiger partial charge on any atom is 0.188 e. The number of ether oxygens (including phenoxy) is 3. The molecular weight excluding hydrogens is 459 g/mol. The zero-order valence-corrected chi connectivity index (χ0v) is 18.5. The van der Waals surface area contributed by atoms with Crippen molar-refractivity contribution in [2.24, 2.45) is 10.7 Å². The van der Waals surface area contributed by atoms with Crippen LogP contribution in [0.1, 0.15) is 18.4 Å². The molecule has 1 fully saturated rings. The molecule has 0 unspecified atom stereocenters. The quantitative estimate of drug-likeness (QED) is 0.213. The van der Waals surface area contributed by atoms with E-state index in [1.807, 2.05) is 24.3 Å². The van der Waals surface area contributed by atoms with E-state index in [0.717, 1.165) is 63.5 Å². The monoisotopic (exact) mass is 492 g/mol. The second-order valence-electron chi connectivity index (χ2n) is 6.26. The van der Waals surface area contributed by atoms with E-state index in [-0.39, 0.29) is 24.0 Å². The molecule has 1 aliphatic rings. The molecule has 27 heavy (non-hydrogen) atoms. The highest BCUT2D eigenvalue weighted by Gasteiger charge is 2.08. The van der Waals surface area contributed by atoms with Crippen LogP contribution < -0.4 is 15.8 Å². The van der Waals surface area contributed by atoms with Crippen molar-refractivity contribution in [1.82, 2.24) is 10.2 Å². The number of aliphatic imine (C=N–C) groups is 1. The first kappa shape index (κ1) is 23.9. The third-order valence-electron chi connectivity index (χ3n) is 4.22. The molecule has 0 saturated carbocycles. The highest BCUT2D eigenvalue weighted by atomic mass is 127. The smallest absolute Gasteiger partial charge is 0.188 e. The first-order chi connectivity index (χ1) is 12.8. The Hall–Kier alpha value is -1.10. The predicted molar refractivity (Wildman–Crippen MR) is 119 cm³/mol. The van der Waals surface area contributed by atoms with Crippen LogP contribution >= 0.6 is 24.0 Å². The number of halogens is 1. The summed E-state index contributed by atoms with van der Waals surface area (Å²) in [4.78, 5) is 6.74. The van der Waals surface area contributed by atoms with Crippen LogP contribution in [0.15, 0.2) is 29.3 Å². The number of benzene rings is 1. The first-order valence-electron chi connectivity index (χ1n) is 9.32. The van der Waals surface area contributed by atoms with Crippen molar-refractivity contribution in [3.05, 3.63) is 29.8 Å². The van der Waals surface area contributed by atoms with E-state index < -0.39 is 0 Å². The van der Waals surface area contributed by atoms with Gasteiger partial charge in [-0.3, -0.25) is 9.89 Å². The molecule has 0 radical (unpaired) electrons. The molecule has 0 bridgehead atoms. The average Bonchev–Trinajstić information content (AvgIpc) is 2.69. The molecule has 0 atom stereocenters. The van der Waals surface area contributed by atoms with Gasteiger partial charge in [0, 0.05) is 32.8 Å². The third kappa shape index (κ3) is 10.7. The Morgan fingerprint density at radius 1 is 1.22 bits per heavy atom. The Morgan fingerprint density at radius 3 is 2.67 bits per heavy atom. The summed E-state index contributed by atoms with van der Waals surface area (Å²) in [5.74, 6) is 1.37. The number of methoxy groups -OCH3 is 1. The van der Waals surface area contributed by atoms with Gasteiger partial charge in [-0.25, -0.2) is 0 Å². The lowest BCUT2D eigenvalue weighted by Gasteiger charge is -2.26. The Balaban J connectivity index is 0.00000364. The second-order valence-corrected chi connectivity index (χ2v) is 6.26. The van der Waals surface area contributed by atoms with Crippen LogP contribution in [0, 0.1) is 0 Å². The minimum absolute atomic E-state index is 0. The van der Waals surface area contributed by atoms with Crippen LogP contribution in [-0.4, -0.2) is 70.5 Å². The zero-order chi connectivity index (χ0) is 18.5.